The van der Waals surface area contributed by atoms with E-state index in [9.17, 15) is 18.3 Å². The second-order valence-corrected chi connectivity index (χ2v) is 5.89. The highest BCUT2D eigenvalue weighted by Gasteiger charge is 2.27. The topological polar surface area (TPSA) is 104 Å². The molecule has 6 nitrogen and oxygen atoms in total. The summed E-state index contributed by atoms with van der Waals surface area (Å²) in [5.41, 5.74) is 0.558. The predicted molar refractivity (Wildman–Crippen MR) is 65.4 cm³/mol. The lowest BCUT2D eigenvalue weighted by atomic mass is 10.1. The first-order valence-corrected chi connectivity index (χ1v) is 6.83. The van der Waals surface area contributed by atoms with Crippen LogP contribution in [0.3, 0.4) is 0 Å². The van der Waals surface area contributed by atoms with Crippen molar-refractivity contribution in [2.75, 3.05) is 6.54 Å². The summed E-state index contributed by atoms with van der Waals surface area (Å²) in [7, 11) is -3.97. The van der Waals surface area contributed by atoms with Gasteiger partial charge in [-0.05, 0) is 12.5 Å². The predicted octanol–water partition coefficient (Wildman–Crippen LogP) is 0.113. The monoisotopic (exact) mass is 273 g/mol. The van der Waals surface area contributed by atoms with Crippen molar-refractivity contribution in [1.29, 1.82) is 0 Å². The molecule has 1 aromatic carbocycles. The number of hydrogen-bond donors (Lipinski definition) is 3. The van der Waals surface area contributed by atoms with Crippen molar-refractivity contribution in [1.82, 2.24) is 4.72 Å². The Hall–Kier alpha value is -1.44. The van der Waals surface area contributed by atoms with Crippen LogP contribution in [0.25, 0.3) is 0 Å². The van der Waals surface area contributed by atoms with Gasteiger partial charge in [0.05, 0.1) is 6.10 Å². The minimum atomic E-state index is -3.97. The number of carboxylic acids is 1. The van der Waals surface area contributed by atoms with Gasteiger partial charge in [0.2, 0.25) is 10.0 Å². The highest BCUT2D eigenvalue weighted by Crippen LogP contribution is 2.11. The zero-order valence-electron chi connectivity index (χ0n) is 9.78. The number of aliphatic hydroxyl groups excluding tert-OH is 1. The highest BCUT2D eigenvalue weighted by molar-refractivity contribution is 7.90. The highest BCUT2D eigenvalue weighted by atomic mass is 32.2. The molecule has 18 heavy (non-hydrogen) atoms. The van der Waals surface area contributed by atoms with Crippen LogP contribution in [0.15, 0.2) is 30.3 Å². The van der Waals surface area contributed by atoms with Gasteiger partial charge in [-0.2, -0.15) is 0 Å². The first-order chi connectivity index (χ1) is 8.34. The Kier molecular flexibility index (Phi) is 4.83. The molecule has 0 bridgehead atoms. The van der Waals surface area contributed by atoms with E-state index < -0.39 is 27.3 Å². The van der Waals surface area contributed by atoms with E-state index in [2.05, 4.69) is 4.72 Å². The molecule has 0 aliphatic heterocycles. The lowest BCUT2D eigenvalue weighted by Crippen LogP contribution is -2.39. The molecule has 0 aromatic heterocycles. The van der Waals surface area contributed by atoms with Crippen LogP contribution in [0.2, 0.25) is 0 Å². The summed E-state index contributed by atoms with van der Waals surface area (Å²) in [4.78, 5) is 10.6. The van der Waals surface area contributed by atoms with Crippen LogP contribution in [-0.2, 0) is 14.8 Å². The Morgan fingerprint density at radius 2 is 1.89 bits per heavy atom. The molecular weight excluding hydrogens is 258 g/mol. The third-order valence-corrected chi connectivity index (χ3v) is 4.18. The number of sulfonamides is 1. The third kappa shape index (κ3) is 3.80. The average Bonchev–Trinajstić information content (AvgIpc) is 2.36. The molecule has 0 saturated carbocycles. The maximum Gasteiger partial charge on any atom is 0.323 e. The summed E-state index contributed by atoms with van der Waals surface area (Å²) in [6, 6.07) is 8.51. The van der Waals surface area contributed by atoms with E-state index in [0.717, 1.165) is 6.92 Å². The summed E-state index contributed by atoms with van der Waals surface area (Å²) in [6.07, 6.45) is -1.01. The van der Waals surface area contributed by atoms with Crippen LogP contribution in [0, 0.1) is 0 Å². The lowest BCUT2D eigenvalue weighted by Gasteiger charge is -2.14. The van der Waals surface area contributed by atoms with E-state index in [1.165, 1.54) is 0 Å². The first-order valence-electron chi connectivity index (χ1n) is 5.29. The number of aliphatic carboxylic acids is 1. The van der Waals surface area contributed by atoms with Crippen molar-refractivity contribution in [3.8, 4) is 0 Å². The largest absolute Gasteiger partial charge is 0.480 e. The van der Waals surface area contributed by atoms with Gasteiger partial charge in [0.25, 0.3) is 0 Å². The summed E-state index contributed by atoms with van der Waals surface area (Å²) in [6.45, 7) is 0.809. The normalized spacial score (nSPS) is 15.0. The quantitative estimate of drug-likeness (QED) is 0.682. The Bertz CT molecular complexity index is 499. The number of carboxylic acid groups (broad SMARTS) is 1. The summed E-state index contributed by atoms with van der Waals surface area (Å²) in [5.74, 6) is -1.43. The fraction of sp³-hybridized carbons (Fsp3) is 0.364. The minimum Gasteiger partial charge on any atom is -0.480 e. The number of benzene rings is 1. The molecule has 7 heteroatoms. The van der Waals surface area contributed by atoms with E-state index in [0.29, 0.717) is 5.56 Å². The summed E-state index contributed by atoms with van der Waals surface area (Å²) >= 11 is 0. The van der Waals surface area contributed by atoms with Gasteiger partial charge in [-0.15, -0.1) is 0 Å². The van der Waals surface area contributed by atoms with E-state index in [1.807, 2.05) is 0 Å². The number of hydrogen-bond acceptors (Lipinski definition) is 4. The Morgan fingerprint density at radius 3 is 2.39 bits per heavy atom. The van der Waals surface area contributed by atoms with Gasteiger partial charge in [0, 0.05) is 6.54 Å². The molecule has 100 valence electrons. The second kappa shape index (κ2) is 5.94. The van der Waals surface area contributed by atoms with Crippen LogP contribution in [0.1, 0.15) is 18.6 Å². The first kappa shape index (κ1) is 14.6. The van der Waals surface area contributed by atoms with Gasteiger partial charge >= 0.3 is 5.97 Å². The van der Waals surface area contributed by atoms with Crippen LogP contribution >= 0.6 is 0 Å². The number of nitrogens with one attached hydrogen (secondary N) is 1. The van der Waals surface area contributed by atoms with Crippen molar-refractivity contribution in [2.24, 2.45) is 0 Å². The molecule has 0 fully saturated rings. The van der Waals surface area contributed by atoms with Gasteiger partial charge in [0.1, 0.15) is 0 Å². The Balaban J connectivity index is 2.63. The molecule has 0 amide bonds. The van der Waals surface area contributed by atoms with E-state index in [1.54, 1.807) is 30.3 Å². The smallest absolute Gasteiger partial charge is 0.323 e. The Morgan fingerprint density at radius 1 is 1.33 bits per heavy atom. The fourth-order valence-corrected chi connectivity index (χ4v) is 2.15. The van der Waals surface area contributed by atoms with Crippen molar-refractivity contribution in [3.63, 3.8) is 0 Å². The van der Waals surface area contributed by atoms with Crippen molar-refractivity contribution < 1.29 is 23.4 Å². The molecule has 0 spiro atoms. The van der Waals surface area contributed by atoms with Crippen molar-refractivity contribution in [2.45, 2.75) is 18.3 Å². The number of carbonyl (C=O) groups is 1. The Labute approximate surface area is 105 Å². The molecule has 0 aliphatic carbocycles. The van der Waals surface area contributed by atoms with Gasteiger partial charge in [0.15, 0.2) is 5.25 Å². The van der Waals surface area contributed by atoms with Crippen molar-refractivity contribution >= 4 is 16.0 Å². The maximum absolute atomic E-state index is 11.5. The van der Waals surface area contributed by atoms with E-state index in [-0.39, 0.29) is 6.54 Å². The molecule has 1 rings (SSSR count). The summed E-state index contributed by atoms with van der Waals surface area (Å²) < 4.78 is 25.1. The van der Waals surface area contributed by atoms with Crippen molar-refractivity contribution in [3.05, 3.63) is 35.9 Å². The number of rotatable bonds is 6. The van der Waals surface area contributed by atoms with Crippen LogP contribution < -0.4 is 4.72 Å². The zero-order chi connectivity index (χ0) is 13.8. The summed E-state index contributed by atoms with van der Waals surface area (Å²) in [5, 5.41) is 16.8. The molecule has 2 atom stereocenters. The van der Waals surface area contributed by atoms with Crippen LogP contribution in [0.4, 0.5) is 0 Å². The van der Waals surface area contributed by atoms with Gasteiger partial charge in [-0.1, -0.05) is 30.3 Å². The average molecular weight is 273 g/mol. The fourth-order valence-electron chi connectivity index (χ4n) is 1.25. The van der Waals surface area contributed by atoms with E-state index in [4.69, 9.17) is 5.11 Å². The lowest BCUT2D eigenvalue weighted by molar-refractivity contribution is -0.136. The van der Waals surface area contributed by atoms with Gasteiger partial charge in [-0.25, -0.2) is 13.1 Å². The van der Waals surface area contributed by atoms with Crippen LogP contribution in [0.5, 0.6) is 0 Å². The van der Waals surface area contributed by atoms with Crippen LogP contribution in [-0.4, -0.2) is 36.4 Å². The maximum atomic E-state index is 11.5. The molecule has 0 heterocycles. The zero-order valence-corrected chi connectivity index (χ0v) is 10.6. The third-order valence-electron chi connectivity index (χ3n) is 2.48. The van der Waals surface area contributed by atoms with Gasteiger partial charge in [-0.3, -0.25) is 4.79 Å². The minimum absolute atomic E-state index is 0.260. The molecule has 1 aromatic rings. The molecule has 0 saturated heterocycles. The molecular formula is C11H15NO5S. The van der Waals surface area contributed by atoms with Gasteiger partial charge < -0.3 is 10.2 Å². The molecule has 0 radical (unpaired) electrons. The standard InChI is InChI=1S/C11H15NO5S/c1-8(11(14)15)18(16,17)12-7-10(13)9-5-3-2-4-6-9/h2-6,8,10,12-13H,7H2,1H3,(H,14,15). The van der Waals surface area contributed by atoms with E-state index >= 15 is 0 Å². The molecule has 2 unspecified atom stereocenters. The molecule has 0 aliphatic rings. The molecule has 3 N–H and O–H groups in total. The SMILES string of the molecule is CC(C(=O)O)S(=O)(=O)NCC(O)c1ccccc1. The second-order valence-electron chi connectivity index (χ2n) is 3.80. The number of aliphatic hydroxyl groups is 1.